The monoisotopic (exact) mass is 461 g/mol. The number of hydrogen-bond acceptors (Lipinski definition) is 3. The van der Waals surface area contributed by atoms with E-state index in [4.69, 9.17) is 0 Å². The quantitative estimate of drug-likeness (QED) is 0.386. The van der Waals surface area contributed by atoms with Gasteiger partial charge in [-0.3, -0.25) is 4.79 Å². The molecule has 0 radical (unpaired) electrons. The molecule has 2 aromatic carbocycles. The molecule has 2 rings (SSSR count). The van der Waals surface area contributed by atoms with Gasteiger partial charge in [-0.05, 0) is 17.5 Å². The highest BCUT2D eigenvalue weighted by molar-refractivity contribution is 5.99. The lowest BCUT2D eigenvalue weighted by atomic mass is 9.85. The molecule has 0 aliphatic carbocycles. The molecule has 0 bridgehead atoms. The summed E-state index contributed by atoms with van der Waals surface area (Å²) in [4.78, 5) is 24.8. The summed E-state index contributed by atoms with van der Waals surface area (Å²) in [7, 11) is 0. The zero-order valence-corrected chi connectivity index (χ0v) is 17.0. The average Bonchev–Trinajstić information content (AvgIpc) is 2.71. The molecular weight excluding hydrogens is 440 g/mol. The number of rotatable bonds is 8. The van der Waals surface area contributed by atoms with E-state index in [-0.39, 0.29) is 11.1 Å². The number of alkyl carbamates (subject to hydrolysis) is 1. The first-order valence-electron chi connectivity index (χ1n) is 9.67. The number of Topliss-reactive ketones (excluding diaryl/α,β-unsaturated/α-hetero) is 1. The first-order chi connectivity index (χ1) is 14.9. The third kappa shape index (κ3) is 7.28. The fourth-order valence-electron chi connectivity index (χ4n) is 3.13. The van der Waals surface area contributed by atoms with Gasteiger partial charge in [-0.1, -0.05) is 67.9 Å². The van der Waals surface area contributed by atoms with Crippen LogP contribution in [0.1, 0.15) is 40.9 Å². The van der Waals surface area contributed by atoms with Crippen LogP contribution >= 0.6 is 0 Å². The summed E-state index contributed by atoms with van der Waals surface area (Å²) in [5.41, 5.74) is 0.481. The Morgan fingerprint density at radius 1 is 0.938 bits per heavy atom. The van der Waals surface area contributed by atoms with Gasteiger partial charge in [0.2, 0.25) is 0 Å². The second-order valence-electron chi connectivity index (χ2n) is 7.05. The smallest absolute Gasteiger partial charge is 0.422 e. The molecule has 0 saturated heterocycles. The Balaban J connectivity index is 2.40. The molecule has 0 aliphatic heterocycles. The van der Waals surface area contributed by atoms with Gasteiger partial charge >= 0.3 is 18.4 Å². The molecule has 0 spiro atoms. The zero-order valence-electron chi connectivity index (χ0n) is 17.0. The van der Waals surface area contributed by atoms with E-state index in [1.165, 1.54) is 54.6 Å². The second-order valence-corrected chi connectivity index (χ2v) is 7.05. The van der Waals surface area contributed by atoms with Gasteiger partial charge in [-0.2, -0.15) is 26.3 Å². The number of halogens is 6. The molecule has 0 saturated carbocycles. The fourth-order valence-corrected chi connectivity index (χ4v) is 3.13. The van der Waals surface area contributed by atoms with Crippen LogP contribution in [-0.2, 0) is 11.2 Å². The van der Waals surface area contributed by atoms with Gasteiger partial charge in [0.25, 0.3) is 0 Å². The minimum absolute atomic E-state index is 0.116. The number of alkyl halides is 6. The number of ketones is 1. The summed E-state index contributed by atoms with van der Waals surface area (Å²) in [6.45, 7) is -0.0589. The van der Waals surface area contributed by atoms with Crippen molar-refractivity contribution in [2.75, 3.05) is 6.61 Å². The lowest BCUT2D eigenvalue weighted by Gasteiger charge is -2.29. The maximum Gasteiger partial charge on any atom is 0.422 e. The molecule has 0 aromatic heterocycles. The normalized spacial score (nSPS) is 13.8. The minimum Gasteiger partial charge on any atom is -0.440 e. The number of aryl methyl sites for hydroxylation is 1. The molecular formula is C22H21F6NO3. The molecule has 2 atom stereocenters. The molecule has 2 unspecified atom stereocenters. The lowest BCUT2D eigenvalue weighted by Crippen LogP contribution is -2.44. The van der Waals surface area contributed by atoms with Crippen molar-refractivity contribution >= 4 is 11.9 Å². The molecule has 174 valence electrons. The summed E-state index contributed by atoms with van der Waals surface area (Å²) < 4.78 is 83.0. The fraction of sp³-hybridized carbons (Fsp3) is 0.364. The van der Waals surface area contributed by atoms with Crippen LogP contribution in [0.25, 0.3) is 0 Å². The average molecular weight is 461 g/mol. The van der Waals surface area contributed by atoms with Gasteiger partial charge in [-0.25, -0.2) is 4.79 Å². The predicted molar refractivity (Wildman–Crippen MR) is 104 cm³/mol. The van der Waals surface area contributed by atoms with Crippen LogP contribution in [0, 0.1) is 5.92 Å². The van der Waals surface area contributed by atoms with Crippen LogP contribution in [0.4, 0.5) is 31.1 Å². The Kier molecular flexibility index (Phi) is 8.29. The van der Waals surface area contributed by atoms with Crippen LogP contribution in [0.15, 0.2) is 54.6 Å². The van der Waals surface area contributed by atoms with Crippen molar-refractivity contribution in [3.63, 3.8) is 0 Å². The Morgan fingerprint density at radius 2 is 1.53 bits per heavy atom. The maximum absolute atomic E-state index is 14.0. The zero-order chi connectivity index (χ0) is 23.9. The first kappa shape index (κ1) is 25.2. The van der Waals surface area contributed by atoms with Crippen molar-refractivity contribution in [3.05, 3.63) is 71.3 Å². The van der Waals surface area contributed by atoms with E-state index in [1.807, 2.05) is 6.92 Å². The van der Waals surface area contributed by atoms with Gasteiger partial charge in [0, 0.05) is 5.56 Å². The van der Waals surface area contributed by atoms with Crippen molar-refractivity contribution in [2.45, 2.75) is 38.2 Å². The van der Waals surface area contributed by atoms with Crippen molar-refractivity contribution in [3.8, 4) is 0 Å². The van der Waals surface area contributed by atoms with E-state index in [0.717, 1.165) is 12.0 Å². The minimum atomic E-state index is -5.11. The van der Waals surface area contributed by atoms with E-state index in [0.29, 0.717) is 6.42 Å². The van der Waals surface area contributed by atoms with Crippen molar-refractivity contribution in [1.82, 2.24) is 5.32 Å². The number of carbonyl (C=O) groups is 2. The topological polar surface area (TPSA) is 55.4 Å². The number of ether oxygens (including phenoxy) is 1. The van der Waals surface area contributed by atoms with Crippen LogP contribution in [0.2, 0.25) is 0 Å². The second kappa shape index (κ2) is 10.5. The molecule has 1 N–H and O–H groups in total. The summed E-state index contributed by atoms with van der Waals surface area (Å²) >= 11 is 0. The Labute approximate surface area is 180 Å². The Bertz CT molecular complexity index is 895. The molecule has 0 fully saturated rings. The summed E-state index contributed by atoms with van der Waals surface area (Å²) in [6, 6.07) is 10.3. The van der Waals surface area contributed by atoms with Gasteiger partial charge in [-0.15, -0.1) is 0 Å². The summed E-state index contributed by atoms with van der Waals surface area (Å²) in [5.74, 6) is -4.08. The Hall–Kier alpha value is -3.04. The predicted octanol–water partition coefficient (Wildman–Crippen LogP) is 6.03. The number of hydrogen-bond donors (Lipinski definition) is 1. The number of amides is 1. The van der Waals surface area contributed by atoms with Crippen LogP contribution < -0.4 is 5.32 Å². The third-order valence-corrected chi connectivity index (χ3v) is 4.54. The van der Waals surface area contributed by atoms with E-state index in [1.54, 1.807) is 5.32 Å². The van der Waals surface area contributed by atoms with E-state index in [2.05, 4.69) is 4.74 Å². The van der Waals surface area contributed by atoms with E-state index >= 15 is 0 Å². The summed E-state index contributed by atoms with van der Waals surface area (Å²) in [5, 5.41) is 1.79. The largest absolute Gasteiger partial charge is 0.440 e. The van der Waals surface area contributed by atoms with Crippen molar-refractivity contribution < 1.29 is 40.7 Å². The summed E-state index contributed by atoms with van der Waals surface area (Å²) in [6.07, 6.45) is -10.2. The molecule has 32 heavy (non-hydrogen) atoms. The number of nitrogens with one attached hydrogen (secondary N) is 1. The maximum atomic E-state index is 14.0. The lowest BCUT2D eigenvalue weighted by molar-refractivity contribution is -0.170. The standard InChI is InChI=1S/C22H21F6NO3/c1-2-6-14-9-11-16(12-10-14)19(30)17(22(26,27)28)18(15-7-4-3-5-8-15)29-20(31)32-13-21(23,24)25/h3-5,7-12,17-18H,2,6,13H2,1H3,(H,29,31). The van der Waals surface area contributed by atoms with Crippen LogP contribution in [0.5, 0.6) is 0 Å². The molecule has 2 aromatic rings. The Morgan fingerprint density at radius 3 is 2.03 bits per heavy atom. The van der Waals surface area contributed by atoms with Crippen LogP contribution in [0.3, 0.4) is 0 Å². The number of carbonyl (C=O) groups excluding carboxylic acids is 2. The first-order valence-corrected chi connectivity index (χ1v) is 9.67. The van der Waals surface area contributed by atoms with Gasteiger partial charge in [0.05, 0.1) is 6.04 Å². The van der Waals surface area contributed by atoms with E-state index < -0.39 is 42.8 Å². The highest BCUT2D eigenvalue weighted by Gasteiger charge is 2.51. The van der Waals surface area contributed by atoms with Gasteiger partial charge in [0.15, 0.2) is 12.4 Å². The molecule has 10 heteroatoms. The third-order valence-electron chi connectivity index (χ3n) is 4.54. The van der Waals surface area contributed by atoms with E-state index in [9.17, 15) is 35.9 Å². The molecule has 0 aliphatic rings. The van der Waals surface area contributed by atoms with Gasteiger partial charge in [0.1, 0.15) is 5.92 Å². The van der Waals surface area contributed by atoms with Crippen molar-refractivity contribution in [1.29, 1.82) is 0 Å². The molecule has 1 amide bonds. The highest BCUT2D eigenvalue weighted by Crippen LogP contribution is 2.39. The highest BCUT2D eigenvalue weighted by atomic mass is 19.4. The van der Waals surface area contributed by atoms with Crippen LogP contribution in [-0.4, -0.2) is 30.8 Å². The molecule has 4 nitrogen and oxygen atoms in total. The SMILES string of the molecule is CCCc1ccc(C(=O)C(C(NC(=O)OCC(F)(F)F)c2ccccc2)C(F)(F)F)cc1. The van der Waals surface area contributed by atoms with Crippen molar-refractivity contribution in [2.24, 2.45) is 5.92 Å². The molecule has 0 heterocycles. The van der Waals surface area contributed by atoms with Gasteiger partial charge < -0.3 is 10.1 Å². The number of benzene rings is 2.